The Bertz CT molecular complexity index is 301. The Kier molecular flexibility index (Phi) is 1.88. The number of hydrogen-bond acceptors (Lipinski definition) is 3. The Labute approximate surface area is 65.0 Å². The lowest BCUT2D eigenvalue weighted by molar-refractivity contribution is 0.523. The zero-order chi connectivity index (χ0) is 8.27. The van der Waals surface area contributed by atoms with Crippen molar-refractivity contribution < 1.29 is 4.74 Å². The van der Waals surface area contributed by atoms with Gasteiger partial charge in [-0.05, 0) is 12.1 Å². The maximum absolute atomic E-state index is 5.52. The number of nitrogen functional groups attached to an aromatic ring is 2. The van der Waals surface area contributed by atoms with Crippen molar-refractivity contribution in [1.82, 2.24) is 0 Å². The van der Waals surface area contributed by atoms with E-state index in [2.05, 4.69) is 0 Å². The first-order valence-corrected chi connectivity index (χ1v) is 3.02. The van der Waals surface area contributed by atoms with Crippen LogP contribution >= 0.6 is 0 Å². The van der Waals surface area contributed by atoms with Gasteiger partial charge in [-0.25, -0.2) is 0 Å². The van der Waals surface area contributed by atoms with Gasteiger partial charge in [0.25, 0.3) is 0 Å². The second-order valence-corrected chi connectivity index (χ2v) is 1.98. The van der Waals surface area contributed by atoms with Gasteiger partial charge in [-0.2, -0.15) is 0 Å². The van der Waals surface area contributed by atoms with Crippen LogP contribution < -0.4 is 16.2 Å². The molecule has 0 spiro atoms. The van der Waals surface area contributed by atoms with E-state index in [-0.39, 0.29) is 0 Å². The van der Waals surface area contributed by atoms with Gasteiger partial charge in [0.2, 0.25) is 0 Å². The topological polar surface area (TPSA) is 61.3 Å². The highest BCUT2D eigenvalue weighted by molar-refractivity contribution is 5.70. The highest BCUT2D eigenvalue weighted by atomic mass is 16.5. The number of rotatable bonds is 1. The maximum atomic E-state index is 5.52. The second-order valence-electron chi connectivity index (χ2n) is 1.98. The molecule has 0 heterocycles. The third kappa shape index (κ3) is 1.36. The van der Waals surface area contributed by atoms with Crippen molar-refractivity contribution in [2.75, 3.05) is 11.5 Å². The molecule has 0 unspecified atom stereocenters. The highest BCUT2D eigenvalue weighted by Crippen LogP contribution is 2.26. The number of anilines is 2. The van der Waals surface area contributed by atoms with Crippen LogP contribution in [0.5, 0.6) is 5.75 Å². The zero-order valence-electron chi connectivity index (χ0n) is 5.87. The molecule has 0 radical (unpaired) electrons. The largest absolute Gasteiger partial charge is 0.406 e. The summed E-state index contributed by atoms with van der Waals surface area (Å²) in [6.45, 7) is 0. The van der Waals surface area contributed by atoms with Crippen LogP contribution in [0.25, 0.3) is 0 Å². The standard InChI is InChI=1S/C8H8N2O/c1-2-11-7-5-3-4-6(9)8(7)10/h1,3-5H,9-10H2. The van der Waals surface area contributed by atoms with Crippen molar-refractivity contribution in [2.24, 2.45) is 0 Å². The first kappa shape index (κ1) is 7.29. The summed E-state index contributed by atoms with van der Waals surface area (Å²) in [5, 5.41) is 0. The molecule has 0 bridgehead atoms. The SMILES string of the molecule is C#COc1cccc(N)c1N. The van der Waals surface area contributed by atoms with E-state index < -0.39 is 0 Å². The average molecular weight is 148 g/mol. The minimum Gasteiger partial charge on any atom is -0.406 e. The van der Waals surface area contributed by atoms with Crippen molar-refractivity contribution in [3.05, 3.63) is 18.2 Å². The van der Waals surface area contributed by atoms with Gasteiger partial charge < -0.3 is 16.2 Å². The summed E-state index contributed by atoms with van der Waals surface area (Å²) in [5.74, 6) is 0.424. The molecule has 0 aliphatic carbocycles. The molecule has 0 amide bonds. The summed E-state index contributed by atoms with van der Waals surface area (Å²) in [6.07, 6.45) is 6.93. The third-order valence-corrected chi connectivity index (χ3v) is 1.27. The van der Waals surface area contributed by atoms with Gasteiger partial charge in [0.1, 0.15) is 6.11 Å². The molecule has 0 saturated heterocycles. The van der Waals surface area contributed by atoms with E-state index in [0.29, 0.717) is 17.1 Å². The average Bonchev–Trinajstić information content (AvgIpc) is 1.99. The molecule has 0 fully saturated rings. The fourth-order valence-corrected chi connectivity index (χ4v) is 0.713. The van der Waals surface area contributed by atoms with E-state index in [1.54, 1.807) is 18.2 Å². The summed E-state index contributed by atoms with van der Waals surface area (Å²) < 4.78 is 4.74. The van der Waals surface area contributed by atoms with Crippen molar-refractivity contribution >= 4 is 11.4 Å². The second kappa shape index (κ2) is 2.84. The van der Waals surface area contributed by atoms with Crippen LogP contribution in [-0.2, 0) is 0 Å². The number of nitrogens with two attached hydrogens (primary N) is 2. The quantitative estimate of drug-likeness (QED) is 0.458. The van der Waals surface area contributed by atoms with Crippen LogP contribution in [0, 0.1) is 12.5 Å². The van der Waals surface area contributed by atoms with Gasteiger partial charge in [-0.15, -0.1) is 0 Å². The van der Waals surface area contributed by atoms with Gasteiger partial charge in [0.05, 0.1) is 11.4 Å². The monoisotopic (exact) mass is 148 g/mol. The van der Waals surface area contributed by atoms with E-state index in [4.69, 9.17) is 22.6 Å². The number of ether oxygens (including phenoxy) is 1. The summed E-state index contributed by atoms with van der Waals surface area (Å²) in [7, 11) is 0. The zero-order valence-corrected chi connectivity index (χ0v) is 5.87. The Balaban J connectivity index is 3.08. The summed E-state index contributed by atoms with van der Waals surface area (Å²) >= 11 is 0. The number of benzene rings is 1. The van der Waals surface area contributed by atoms with Gasteiger partial charge in [-0.3, -0.25) is 0 Å². The Morgan fingerprint density at radius 2 is 2.09 bits per heavy atom. The first-order chi connectivity index (χ1) is 5.25. The molecule has 3 nitrogen and oxygen atoms in total. The van der Waals surface area contributed by atoms with E-state index in [1.165, 1.54) is 0 Å². The molecule has 11 heavy (non-hydrogen) atoms. The van der Waals surface area contributed by atoms with Crippen LogP contribution in [0.3, 0.4) is 0 Å². The van der Waals surface area contributed by atoms with E-state index in [1.807, 2.05) is 6.11 Å². The van der Waals surface area contributed by atoms with Gasteiger partial charge in [0, 0.05) is 0 Å². The minimum absolute atomic E-state index is 0.380. The van der Waals surface area contributed by atoms with Crippen LogP contribution in [0.4, 0.5) is 11.4 Å². The summed E-state index contributed by atoms with van der Waals surface area (Å²) in [4.78, 5) is 0. The van der Waals surface area contributed by atoms with Crippen molar-refractivity contribution in [3.8, 4) is 18.3 Å². The molecule has 0 aliphatic rings. The molecule has 1 aromatic carbocycles. The smallest absolute Gasteiger partial charge is 0.165 e. The fraction of sp³-hybridized carbons (Fsp3) is 0. The molecule has 1 aromatic rings. The van der Waals surface area contributed by atoms with Crippen LogP contribution in [0.2, 0.25) is 0 Å². The van der Waals surface area contributed by atoms with Crippen molar-refractivity contribution in [3.63, 3.8) is 0 Å². The summed E-state index contributed by atoms with van der Waals surface area (Å²) in [6, 6.07) is 5.06. The summed E-state index contributed by atoms with van der Waals surface area (Å²) in [5.41, 5.74) is 11.9. The highest BCUT2D eigenvalue weighted by Gasteiger charge is 2.00. The van der Waals surface area contributed by atoms with Gasteiger partial charge >= 0.3 is 0 Å². The van der Waals surface area contributed by atoms with Crippen molar-refractivity contribution in [1.29, 1.82) is 0 Å². The maximum Gasteiger partial charge on any atom is 0.165 e. The molecule has 56 valence electrons. The Hall–Kier alpha value is -1.82. The molecule has 3 heteroatoms. The van der Waals surface area contributed by atoms with E-state index in [9.17, 15) is 0 Å². The van der Waals surface area contributed by atoms with Crippen LogP contribution in [0.1, 0.15) is 0 Å². The molecular formula is C8H8N2O. The van der Waals surface area contributed by atoms with Crippen LogP contribution in [0.15, 0.2) is 18.2 Å². The third-order valence-electron chi connectivity index (χ3n) is 1.27. The normalized spacial score (nSPS) is 8.64. The molecule has 1 rings (SSSR count). The predicted octanol–water partition coefficient (Wildman–Crippen LogP) is 0.821. The lowest BCUT2D eigenvalue weighted by Crippen LogP contribution is -1.96. The molecule has 0 atom stereocenters. The minimum atomic E-state index is 0.380. The molecule has 0 aromatic heterocycles. The Morgan fingerprint density at radius 3 is 2.73 bits per heavy atom. The number of hydrogen-bond donors (Lipinski definition) is 2. The van der Waals surface area contributed by atoms with Crippen LogP contribution in [-0.4, -0.2) is 0 Å². The first-order valence-electron chi connectivity index (χ1n) is 3.02. The number of para-hydroxylation sites is 1. The molecule has 0 saturated carbocycles. The van der Waals surface area contributed by atoms with Gasteiger partial charge in [0.15, 0.2) is 5.75 Å². The van der Waals surface area contributed by atoms with Gasteiger partial charge in [-0.1, -0.05) is 12.5 Å². The molecular weight excluding hydrogens is 140 g/mol. The predicted molar refractivity (Wildman–Crippen MR) is 44.7 cm³/mol. The molecule has 4 N–H and O–H groups in total. The lowest BCUT2D eigenvalue weighted by atomic mass is 10.2. The van der Waals surface area contributed by atoms with E-state index in [0.717, 1.165) is 0 Å². The lowest BCUT2D eigenvalue weighted by Gasteiger charge is -2.03. The number of terminal acetylenes is 1. The van der Waals surface area contributed by atoms with Crippen molar-refractivity contribution in [2.45, 2.75) is 0 Å². The molecule has 0 aliphatic heterocycles. The Morgan fingerprint density at radius 1 is 1.36 bits per heavy atom. The van der Waals surface area contributed by atoms with E-state index >= 15 is 0 Å². The fourth-order valence-electron chi connectivity index (χ4n) is 0.713.